The lowest BCUT2D eigenvalue weighted by atomic mass is 10.0. The van der Waals surface area contributed by atoms with Gasteiger partial charge in [0.2, 0.25) is 0 Å². The van der Waals surface area contributed by atoms with Gasteiger partial charge in [0.15, 0.2) is 6.10 Å². The molecule has 0 radical (unpaired) electrons. The van der Waals surface area contributed by atoms with Gasteiger partial charge < -0.3 is 14.2 Å². The first-order chi connectivity index (χ1) is 37.5. The van der Waals surface area contributed by atoms with Gasteiger partial charge >= 0.3 is 17.9 Å². The molecule has 6 heteroatoms. The van der Waals surface area contributed by atoms with E-state index >= 15 is 0 Å². The molecule has 0 aliphatic heterocycles. The highest BCUT2D eigenvalue weighted by Gasteiger charge is 2.19. The van der Waals surface area contributed by atoms with E-state index in [0.717, 1.165) is 89.9 Å². The molecule has 0 heterocycles. The maximum Gasteiger partial charge on any atom is 0.306 e. The SMILES string of the molecule is CC/C=C\C/C=C\C/C=C\C/C=C\C/C=C\C/C=C\CCC(=O)OC(COC(=O)CCCCCCCCCC)COC(=O)CCCCCCCCCCCCCCCCCC/C=C\C/C=C\C/C=C\CCCCCCC. The maximum absolute atomic E-state index is 12.8. The van der Waals surface area contributed by atoms with Crippen molar-refractivity contribution in [3.63, 3.8) is 0 Å². The molecule has 76 heavy (non-hydrogen) atoms. The van der Waals surface area contributed by atoms with E-state index in [-0.39, 0.29) is 31.6 Å². The fraction of sp³-hybridized carbons (Fsp3) is 0.700. The minimum absolute atomic E-state index is 0.107. The first kappa shape index (κ1) is 72.1. The third-order valence-corrected chi connectivity index (χ3v) is 13.5. The van der Waals surface area contributed by atoms with Crippen LogP contribution in [0.5, 0.6) is 0 Å². The van der Waals surface area contributed by atoms with Crippen molar-refractivity contribution in [2.24, 2.45) is 0 Å². The van der Waals surface area contributed by atoms with Gasteiger partial charge in [0.05, 0.1) is 0 Å². The Balaban J connectivity index is 4.18. The van der Waals surface area contributed by atoms with Crippen LogP contribution in [-0.2, 0) is 28.6 Å². The van der Waals surface area contributed by atoms with Crippen LogP contribution >= 0.6 is 0 Å². The Morgan fingerprint density at radius 2 is 0.539 bits per heavy atom. The second-order valence-corrected chi connectivity index (χ2v) is 20.9. The zero-order valence-corrected chi connectivity index (χ0v) is 49.7. The molecule has 0 spiro atoms. The predicted octanol–water partition coefficient (Wildman–Crippen LogP) is 21.8. The van der Waals surface area contributed by atoms with Gasteiger partial charge in [-0.3, -0.25) is 14.4 Å². The van der Waals surface area contributed by atoms with E-state index in [4.69, 9.17) is 14.2 Å². The number of carbonyl (C=O) groups is 3. The molecule has 0 amide bonds. The minimum atomic E-state index is -0.817. The molecular weight excluding hydrogens is 937 g/mol. The van der Waals surface area contributed by atoms with E-state index in [1.54, 1.807) is 0 Å². The lowest BCUT2D eigenvalue weighted by Crippen LogP contribution is -2.30. The number of carbonyl (C=O) groups excluding carboxylic acids is 3. The van der Waals surface area contributed by atoms with Crippen molar-refractivity contribution >= 4 is 17.9 Å². The van der Waals surface area contributed by atoms with Crippen LogP contribution in [0.2, 0.25) is 0 Å². The molecule has 0 aliphatic carbocycles. The Hall–Kier alpha value is -3.93. The van der Waals surface area contributed by atoms with Crippen LogP contribution in [0, 0.1) is 0 Å². The van der Waals surface area contributed by atoms with Crippen molar-refractivity contribution < 1.29 is 28.6 Å². The lowest BCUT2D eigenvalue weighted by Gasteiger charge is -2.18. The summed E-state index contributed by atoms with van der Waals surface area (Å²) in [7, 11) is 0. The molecule has 0 aromatic rings. The second kappa shape index (κ2) is 63.6. The van der Waals surface area contributed by atoms with Crippen LogP contribution < -0.4 is 0 Å². The molecule has 0 aliphatic rings. The summed E-state index contributed by atoms with van der Waals surface area (Å²) < 4.78 is 16.8. The van der Waals surface area contributed by atoms with E-state index in [1.165, 1.54) is 161 Å². The van der Waals surface area contributed by atoms with Gasteiger partial charge in [0.1, 0.15) is 13.2 Å². The van der Waals surface area contributed by atoms with Crippen molar-refractivity contribution in [1.82, 2.24) is 0 Å². The van der Waals surface area contributed by atoms with Gasteiger partial charge in [-0.15, -0.1) is 0 Å². The van der Waals surface area contributed by atoms with Crippen LogP contribution in [0.4, 0.5) is 0 Å². The van der Waals surface area contributed by atoms with Gasteiger partial charge in [-0.2, -0.15) is 0 Å². The van der Waals surface area contributed by atoms with E-state index in [2.05, 4.69) is 124 Å². The quantitative estimate of drug-likeness (QED) is 0.0261. The largest absolute Gasteiger partial charge is 0.462 e. The van der Waals surface area contributed by atoms with Crippen molar-refractivity contribution in [2.75, 3.05) is 13.2 Å². The zero-order valence-electron chi connectivity index (χ0n) is 49.7. The molecule has 0 aromatic carbocycles. The van der Waals surface area contributed by atoms with Crippen molar-refractivity contribution in [1.29, 1.82) is 0 Å². The van der Waals surface area contributed by atoms with Crippen LogP contribution in [0.3, 0.4) is 0 Å². The highest BCUT2D eigenvalue weighted by atomic mass is 16.6. The van der Waals surface area contributed by atoms with E-state index in [1.807, 2.05) is 6.08 Å². The summed E-state index contributed by atoms with van der Waals surface area (Å²) in [4.78, 5) is 38.0. The topological polar surface area (TPSA) is 78.9 Å². The summed E-state index contributed by atoms with van der Waals surface area (Å²) in [6, 6.07) is 0. The summed E-state index contributed by atoms with van der Waals surface area (Å²) in [5.41, 5.74) is 0. The van der Waals surface area contributed by atoms with Crippen LogP contribution in [-0.4, -0.2) is 37.2 Å². The summed E-state index contributed by atoms with van der Waals surface area (Å²) in [5.74, 6) is -0.991. The Morgan fingerprint density at radius 3 is 0.855 bits per heavy atom. The minimum Gasteiger partial charge on any atom is -0.462 e. The molecule has 6 nitrogen and oxygen atoms in total. The molecule has 1 atom stereocenters. The second-order valence-electron chi connectivity index (χ2n) is 20.9. The molecule has 0 fully saturated rings. The van der Waals surface area contributed by atoms with Gasteiger partial charge in [0.25, 0.3) is 0 Å². The van der Waals surface area contributed by atoms with Crippen LogP contribution in [0.25, 0.3) is 0 Å². The lowest BCUT2D eigenvalue weighted by molar-refractivity contribution is -0.166. The highest BCUT2D eigenvalue weighted by Crippen LogP contribution is 2.16. The normalized spacial score (nSPS) is 12.8. The number of hydrogen-bond donors (Lipinski definition) is 0. The van der Waals surface area contributed by atoms with E-state index < -0.39 is 12.1 Å². The Morgan fingerprint density at radius 1 is 0.276 bits per heavy atom. The summed E-state index contributed by atoms with van der Waals surface area (Å²) >= 11 is 0. The molecule has 0 bridgehead atoms. The third-order valence-electron chi connectivity index (χ3n) is 13.5. The van der Waals surface area contributed by atoms with E-state index in [9.17, 15) is 14.4 Å². The number of unbranched alkanes of at least 4 members (excludes halogenated alkanes) is 28. The van der Waals surface area contributed by atoms with Gasteiger partial charge in [0, 0.05) is 19.3 Å². The van der Waals surface area contributed by atoms with Gasteiger partial charge in [-0.25, -0.2) is 0 Å². The zero-order chi connectivity index (χ0) is 55.0. The molecule has 434 valence electrons. The number of rotatable bonds is 57. The Bertz CT molecular complexity index is 1540. The van der Waals surface area contributed by atoms with Gasteiger partial charge in [-0.05, 0) is 96.3 Å². The predicted molar refractivity (Wildman–Crippen MR) is 330 cm³/mol. The number of ether oxygens (including phenoxy) is 3. The van der Waals surface area contributed by atoms with Crippen LogP contribution in [0.1, 0.15) is 297 Å². The number of allylic oxidation sites excluding steroid dienone is 18. The van der Waals surface area contributed by atoms with Crippen molar-refractivity contribution in [3.8, 4) is 0 Å². The molecule has 0 rings (SSSR count). The average molecular weight is 1060 g/mol. The van der Waals surface area contributed by atoms with Gasteiger partial charge in [-0.1, -0.05) is 291 Å². The molecule has 1 unspecified atom stereocenters. The number of esters is 3. The molecule has 0 saturated heterocycles. The first-order valence-electron chi connectivity index (χ1n) is 31.9. The van der Waals surface area contributed by atoms with Crippen LogP contribution in [0.15, 0.2) is 109 Å². The summed E-state index contributed by atoms with van der Waals surface area (Å²) in [6.07, 6.45) is 87.1. The third kappa shape index (κ3) is 60.9. The average Bonchev–Trinajstić information content (AvgIpc) is 3.42. The van der Waals surface area contributed by atoms with Crippen molar-refractivity contribution in [3.05, 3.63) is 109 Å². The maximum atomic E-state index is 12.8. The Kier molecular flexibility index (Phi) is 60.3. The summed E-state index contributed by atoms with van der Waals surface area (Å²) in [6.45, 7) is 6.43. The van der Waals surface area contributed by atoms with E-state index in [0.29, 0.717) is 19.3 Å². The Labute approximate surface area is 470 Å². The standard InChI is InChI=1S/C70H118O6/c1-4-7-10-13-16-19-21-23-25-27-29-30-31-32-33-34-35-36-37-38-39-40-42-43-45-47-49-51-54-57-60-63-69(72)75-66-67(65-74-68(71)62-59-56-53-18-15-12-9-6-3)76-70(73)64-61-58-55-52-50-48-46-44-41-28-26-24-22-20-17-14-11-8-5-2/h8,11,17,20-21,23-24,26-27,29,31-32,41,44,48,50,55,58,67H,4-7,9-10,12-16,18-19,22,25,28,30,33-40,42-43,45-47,49,51-54,56-57,59-66H2,1-3H3/b11-8-,20-17-,23-21-,26-24-,29-27-,32-31-,44-41-,50-48-,58-55-. The highest BCUT2D eigenvalue weighted by molar-refractivity contribution is 5.71. The summed E-state index contributed by atoms with van der Waals surface area (Å²) in [5, 5.41) is 0. The number of hydrogen-bond acceptors (Lipinski definition) is 6. The fourth-order valence-corrected chi connectivity index (χ4v) is 8.77. The molecule has 0 N–H and O–H groups in total. The molecule has 0 aromatic heterocycles. The molecule has 0 saturated carbocycles. The smallest absolute Gasteiger partial charge is 0.306 e. The fourth-order valence-electron chi connectivity index (χ4n) is 8.77. The first-order valence-corrected chi connectivity index (χ1v) is 31.9. The monoisotopic (exact) mass is 1050 g/mol. The van der Waals surface area contributed by atoms with Crippen molar-refractivity contribution in [2.45, 2.75) is 303 Å². The molecular formula is C70H118O6.